The highest BCUT2D eigenvalue weighted by molar-refractivity contribution is 5.52. The van der Waals surface area contributed by atoms with Crippen molar-refractivity contribution >= 4 is 0 Å². The largest absolute Gasteiger partial charge is 0.474 e. The SMILES string of the molecule is COCCOCCOc1ccc(-c2ccc(OCCOCCOC)nn2)nn1. The van der Waals surface area contributed by atoms with Crippen LogP contribution in [0.2, 0.25) is 0 Å². The number of rotatable bonds is 15. The van der Waals surface area contributed by atoms with Gasteiger partial charge >= 0.3 is 0 Å². The van der Waals surface area contributed by atoms with Gasteiger partial charge in [0.25, 0.3) is 0 Å². The molecule has 2 aromatic heterocycles. The first-order chi connectivity index (χ1) is 13.8. The zero-order chi connectivity index (χ0) is 19.9. The smallest absolute Gasteiger partial charge is 0.233 e. The molecule has 0 atom stereocenters. The Kier molecular flexibility index (Phi) is 10.7. The second-order valence-corrected chi connectivity index (χ2v) is 5.42. The van der Waals surface area contributed by atoms with E-state index >= 15 is 0 Å². The Morgan fingerprint density at radius 3 is 1.32 bits per heavy atom. The number of hydrogen-bond donors (Lipinski definition) is 0. The maximum Gasteiger partial charge on any atom is 0.233 e. The van der Waals surface area contributed by atoms with E-state index in [9.17, 15) is 0 Å². The molecular weight excluding hydrogens is 368 g/mol. The molecule has 28 heavy (non-hydrogen) atoms. The highest BCUT2D eigenvalue weighted by Crippen LogP contribution is 2.16. The topological polar surface area (TPSA) is 107 Å². The van der Waals surface area contributed by atoms with E-state index in [-0.39, 0.29) is 0 Å². The van der Waals surface area contributed by atoms with E-state index in [1.807, 2.05) is 0 Å². The second-order valence-electron chi connectivity index (χ2n) is 5.42. The van der Waals surface area contributed by atoms with Crippen LogP contribution in [0.25, 0.3) is 11.4 Å². The summed E-state index contributed by atoms with van der Waals surface area (Å²) in [6.07, 6.45) is 0. The van der Waals surface area contributed by atoms with Crippen molar-refractivity contribution in [3.8, 4) is 23.1 Å². The summed E-state index contributed by atoms with van der Waals surface area (Å²) in [6, 6.07) is 6.98. The summed E-state index contributed by atoms with van der Waals surface area (Å²) in [6.45, 7) is 3.86. The first-order valence-corrected chi connectivity index (χ1v) is 8.90. The Labute approximate surface area is 164 Å². The van der Waals surface area contributed by atoms with Crippen molar-refractivity contribution in [2.45, 2.75) is 0 Å². The maximum absolute atomic E-state index is 5.46. The van der Waals surface area contributed by atoms with Gasteiger partial charge in [-0.3, -0.25) is 0 Å². The summed E-state index contributed by atoms with van der Waals surface area (Å²) in [5.41, 5.74) is 1.18. The number of ether oxygens (including phenoxy) is 6. The molecule has 0 aliphatic carbocycles. The van der Waals surface area contributed by atoms with Crippen LogP contribution >= 0.6 is 0 Å². The van der Waals surface area contributed by atoms with Crippen LogP contribution < -0.4 is 9.47 Å². The van der Waals surface area contributed by atoms with E-state index in [0.29, 0.717) is 76.0 Å². The minimum atomic E-state index is 0.388. The molecule has 2 heterocycles. The van der Waals surface area contributed by atoms with Crippen molar-refractivity contribution in [3.05, 3.63) is 24.3 Å². The average molecular weight is 394 g/mol. The number of hydrogen-bond acceptors (Lipinski definition) is 10. The minimum absolute atomic E-state index is 0.388. The maximum atomic E-state index is 5.46. The van der Waals surface area contributed by atoms with Gasteiger partial charge in [-0.15, -0.1) is 20.4 Å². The lowest BCUT2D eigenvalue weighted by Crippen LogP contribution is -2.11. The monoisotopic (exact) mass is 394 g/mol. The molecule has 0 fully saturated rings. The molecule has 0 aliphatic heterocycles. The van der Waals surface area contributed by atoms with Gasteiger partial charge in [0.15, 0.2) is 0 Å². The van der Waals surface area contributed by atoms with Gasteiger partial charge in [0.05, 0.1) is 39.6 Å². The summed E-state index contributed by atoms with van der Waals surface area (Å²) in [7, 11) is 3.26. The normalized spacial score (nSPS) is 10.8. The van der Waals surface area contributed by atoms with E-state index < -0.39 is 0 Å². The standard InChI is InChI=1S/C18H26N4O6/c1-23-7-9-25-11-13-27-17-5-3-15(19-21-17)16-4-6-18(22-20-16)28-14-12-26-10-8-24-2/h3-6H,7-14H2,1-2H3. The third kappa shape index (κ3) is 8.53. The molecule has 0 radical (unpaired) electrons. The van der Waals surface area contributed by atoms with Crippen LogP contribution in [-0.4, -0.2) is 87.5 Å². The van der Waals surface area contributed by atoms with E-state index in [2.05, 4.69) is 20.4 Å². The van der Waals surface area contributed by atoms with Gasteiger partial charge in [-0.1, -0.05) is 0 Å². The highest BCUT2D eigenvalue weighted by Gasteiger charge is 2.05. The van der Waals surface area contributed by atoms with Crippen molar-refractivity contribution < 1.29 is 28.4 Å². The lowest BCUT2D eigenvalue weighted by Gasteiger charge is -2.07. The molecule has 0 bridgehead atoms. The van der Waals surface area contributed by atoms with Gasteiger partial charge in [-0.2, -0.15) is 0 Å². The van der Waals surface area contributed by atoms with Crippen molar-refractivity contribution in [2.75, 3.05) is 67.1 Å². The van der Waals surface area contributed by atoms with Crippen molar-refractivity contribution in [3.63, 3.8) is 0 Å². The molecule has 2 rings (SSSR count). The Hall–Kier alpha value is -2.40. The lowest BCUT2D eigenvalue weighted by molar-refractivity contribution is 0.0535. The Bertz CT molecular complexity index is 584. The van der Waals surface area contributed by atoms with Gasteiger partial charge in [-0.25, -0.2) is 0 Å². The summed E-state index contributed by atoms with van der Waals surface area (Å²) >= 11 is 0. The zero-order valence-electron chi connectivity index (χ0n) is 16.2. The van der Waals surface area contributed by atoms with Crippen LogP contribution in [-0.2, 0) is 18.9 Å². The van der Waals surface area contributed by atoms with Gasteiger partial charge in [-0.05, 0) is 12.1 Å². The molecule has 0 aliphatic rings. The molecule has 154 valence electrons. The fourth-order valence-corrected chi connectivity index (χ4v) is 1.97. The van der Waals surface area contributed by atoms with Crippen molar-refractivity contribution in [1.29, 1.82) is 0 Å². The quantitative estimate of drug-likeness (QED) is 0.406. The third-order valence-electron chi connectivity index (χ3n) is 3.36. The molecule has 10 heteroatoms. The fraction of sp³-hybridized carbons (Fsp3) is 0.556. The highest BCUT2D eigenvalue weighted by atomic mass is 16.5. The van der Waals surface area contributed by atoms with E-state index in [1.54, 1.807) is 38.5 Å². The van der Waals surface area contributed by atoms with Crippen LogP contribution in [0.3, 0.4) is 0 Å². The van der Waals surface area contributed by atoms with Crippen LogP contribution in [0.1, 0.15) is 0 Å². The van der Waals surface area contributed by atoms with Gasteiger partial charge in [0.2, 0.25) is 11.8 Å². The molecule has 0 saturated heterocycles. The van der Waals surface area contributed by atoms with Crippen molar-refractivity contribution in [2.24, 2.45) is 0 Å². The molecule has 0 amide bonds. The lowest BCUT2D eigenvalue weighted by atomic mass is 10.3. The first-order valence-electron chi connectivity index (χ1n) is 8.90. The van der Waals surface area contributed by atoms with E-state index in [0.717, 1.165) is 0 Å². The van der Waals surface area contributed by atoms with Crippen LogP contribution in [0, 0.1) is 0 Å². The first kappa shape index (κ1) is 21.9. The van der Waals surface area contributed by atoms with Gasteiger partial charge in [0, 0.05) is 26.4 Å². The predicted octanol–water partition coefficient (Wildman–Crippen LogP) is 1.02. The van der Waals surface area contributed by atoms with Crippen LogP contribution in [0.5, 0.6) is 11.8 Å². The second kappa shape index (κ2) is 13.7. The summed E-state index contributed by atoms with van der Waals surface area (Å²) in [5, 5.41) is 16.2. The third-order valence-corrected chi connectivity index (χ3v) is 3.36. The molecule has 0 N–H and O–H groups in total. The molecule has 0 unspecified atom stereocenters. The number of methoxy groups -OCH3 is 2. The summed E-state index contributed by atoms with van der Waals surface area (Å²) < 4.78 is 31.3. The Balaban J connectivity index is 1.71. The average Bonchev–Trinajstić information content (AvgIpc) is 2.74. The van der Waals surface area contributed by atoms with Gasteiger partial charge in [0.1, 0.15) is 24.6 Å². The molecule has 0 spiro atoms. The van der Waals surface area contributed by atoms with Gasteiger partial charge < -0.3 is 28.4 Å². The minimum Gasteiger partial charge on any atom is -0.474 e. The predicted molar refractivity (Wildman–Crippen MR) is 99.4 cm³/mol. The summed E-state index contributed by atoms with van der Waals surface area (Å²) in [4.78, 5) is 0. The fourth-order valence-electron chi connectivity index (χ4n) is 1.97. The summed E-state index contributed by atoms with van der Waals surface area (Å²) in [5.74, 6) is 0.834. The van der Waals surface area contributed by atoms with Crippen LogP contribution in [0.4, 0.5) is 0 Å². The Morgan fingerprint density at radius 2 is 0.964 bits per heavy atom. The van der Waals surface area contributed by atoms with Crippen molar-refractivity contribution in [1.82, 2.24) is 20.4 Å². The molecular formula is C18H26N4O6. The van der Waals surface area contributed by atoms with E-state index in [4.69, 9.17) is 28.4 Å². The number of nitrogens with zero attached hydrogens (tertiary/aromatic N) is 4. The molecule has 0 aromatic carbocycles. The molecule has 0 saturated carbocycles. The zero-order valence-corrected chi connectivity index (χ0v) is 16.2. The van der Waals surface area contributed by atoms with Crippen LogP contribution in [0.15, 0.2) is 24.3 Å². The molecule has 2 aromatic rings. The Morgan fingerprint density at radius 1 is 0.536 bits per heavy atom. The van der Waals surface area contributed by atoms with E-state index in [1.165, 1.54) is 0 Å². The number of aromatic nitrogens is 4. The molecule has 10 nitrogen and oxygen atoms in total.